The summed E-state index contributed by atoms with van der Waals surface area (Å²) in [5, 5.41) is 3.02. The van der Waals surface area contributed by atoms with Crippen molar-refractivity contribution in [3.63, 3.8) is 0 Å². The number of quaternary nitrogens is 1. The summed E-state index contributed by atoms with van der Waals surface area (Å²) < 4.78 is 30.4. The minimum absolute atomic E-state index is 0.0297. The summed E-state index contributed by atoms with van der Waals surface area (Å²) in [7, 11) is 1.17. The van der Waals surface area contributed by atoms with E-state index in [1.165, 1.54) is 173 Å². The fraction of sp³-hybridized carbons (Fsp3) is 0.775. The molecule has 0 aliphatic heterocycles. The number of rotatable bonds is 61. The van der Waals surface area contributed by atoms with Gasteiger partial charge in [0.25, 0.3) is 7.82 Å². The molecule has 0 saturated heterocycles. The number of unbranched alkanes of at least 4 members (excludes halogenated alkanes) is 33. The highest BCUT2D eigenvalue weighted by molar-refractivity contribution is 7.45. The van der Waals surface area contributed by atoms with Crippen LogP contribution in [-0.2, 0) is 27.9 Å². The highest BCUT2D eigenvalue weighted by Gasteiger charge is 2.27. The molecule has 3 unspecified atom stereocenters. The van der Waals surface area contributed by atoms with Crippen LogP contribution in [0, 0.1) is 0 Å². The van der Waals surface area contributed by atoms with Gasteiger partial charge in [0, 0.05) is 12.8 Å². The third kappa shape index (κ3) is 61.6. The first-order chi connectivity index (χ1) is 39.4. The molecular formula is C71H129N2O7P. The fourth-order valence-electron chi connectivity index (χ4n) is 9.54. The molecule has 0 fully saturated rings. The average Bonchev–Trinajstić information content (AvgIpc) is 3.44. The molecule has 0 aliphatic rings. The van der Waals surface area contributed by atoms with E-state index in [1.807, 2.05) is 33.3 Å². The zero-order valence-electron chi connectivity index (χ0n) is 53.7. The van der Waals surface area contributed by atoms with Crippen LogP contribution in [-0.4, -0.2) is 69.4 Å². The van der Waals surface area contributed by atoms with E-state index in [0.717, 1.165) is 89.9 Å². The van der Waals surface area contributed by atoms with Gasteiger partial charge in [-0.15, -0.1) is 0 Å². The number of hydrogen-bond acceptors (Lipinski definition) is 7. The summed E-state index contributed by atoms with van der Waals surface area (Å²) in [5.74, 6) is -0.564. The molecule has 0 saturated carbocycles. The van der Waals surface area contributed by atoms with Crippen LogP contribution in [0.4, 0.5) is 0 Å². The lowest BCUT2D eigenvalue weighted by molar-refractivity contribution is -0.870. The van der Waals surface area contributed by atoms with Gasteiger partial charge in [-0.2, -0.15) is 0 Å². The normalized spacial score (nSPS) is 14.1. The summed E-state index contributed by atoms with van der Waals surface area (Å²) in [5.41, 5.74) is 0. The van der Waals surface area contributed by atoms with Crippen molar-refractivity contribution in [2.45, 2.75) is 315 Å². The van der Waals surface area contributed by atoms with Crippen LogP contribution in [0.1, 0.15) is 303 Å². The second kappa shape index (κ2) is 60.3. The SMILES string of the molecule is CCCCC/C=C\C/C=C\C/C=C\CCCCCCCCCCCCCCC(=O)OC(/C=C\CCCCCCCCCCCCC)C(COP(=O)([O-])OCC[N+](C)(C)C)NC(=O)CCCCCC/C=C\C/C=C\C/C=C\CCCCC. The van der Waals surface area contributed by atoms with E-state index in [0.29, 0.717) is 17.4 Å². The Labute approximate surface area is 501 Å². The highest BCUT2D eigenvalue weighted by atomic mass is 31.2. The van der Waals surface area contributed by atoms with Crippen LogP contribution >= 0.6 is 7.82 Å². The van der Waals surface area contributed by atoms with Crippen molar-refractivity contribution in [3.05, 3.63) is 85.1 Å². The van der Waals surface area contributed by atoms with Gasteiger partial charge in [-0.3, -0.25) is 14.2 Å². The second-order valence-corrected chi connectivity index (χ2v) is 25.4. The van der Waals surface area contributed by atoms with Gasteiger partial charge < -0.3 is 28.5 Å². The number of carbonyl (C=O) groups excluding carboxylic acids is 2. The average molecular weight is 1150 g/mol. The third-order valence-electron chi connectivity index (χ3n) is 14.8. The van der Waals surface area contributed by atoms with E-state index in [9.17, 15) is 19.0 Å². The number of hydrogen-bond donors (Lipinski definition) is 1. The molecule has 3 atom stereocenters. The molecule has 0 bridgehead atoms. The van der Waals surface area contributed by atoms with Crippen LogP contribution in [0.2, 0.25) is 0 Å². The van der Waals surface area contributed by atoms with Crippen LogP contribution in [0.25, 0.3) is 0 Å². The number of carbonyl (C=O) groups is 2. The van der Waals surface area contributed by atoms with Gasteiger partial charge in [0.15, 0.2) is 0 Å². The number of allylic oxidation sites excluding steroid dienone is 13. The first-order valence-electron chi connectivity index (χ1n) is 33.9. The Morgan fingerprint density at radius 1 is 0.432 bits per heavy atom. The highest BCUT2D eigenvalue weighted by Crippen LogP contribution is 2.38. The third-order valence-corrected chi connectivity index (χ3v) is 15.8. The number of phosphoric acid groups is 1. The predicted molar refractivity (Wildman–Crippen MR) is 348 cm³/mol. The maximum Gasteiger partial charge on any atom is 0.306 e. The van der Waals surface area contributed by atoms with Crippen molar-refractivity contribution in [1.29, 1.82) is 0 Å². The van der Waals surface area contributed by atoms with E-state index in [4.69, 9.17) is 13.8 Å². The standard InChI is InChI=1S/C71H129N2O7P/c1-7-10-13-16-19-22-25-28-30-32-33-34-35-36-37-38-39-41-43-46-49-52-55-58-61-64-71(75)80-69(62-59-56-53-50-47-44-27-24-21-18-15-12-9-3)68(67-79-81(76,77)78-66-65-73(4,5)6)72-70(74)63-60-57-54-51-48-45-42-40-31-29-26-23-20-17-14-11-8-2/h19-20,22-23,28-31,33-34,42,45,59,62,68-69H,7-18,21,24-27,32,35-41,43-44,46-58,60-61,63-67H2,1-6H3,(H-,72,74,76,77)/b22-19-,23-20-,30-28-,31-29-,34-33-,45-42-,62-59-. The molecule has 1 N–H and O–H groups in total. The Kier molecular flexibility index (Phi) is 58.2. The monoisotopic (exact) mass is 1150 g/mol. The molecule has 0 rings (SSSR count). The zero-order chi connectivity index (χ0) is 59.3. The van der Waals surface area contributed by atoms with Gasteiger partial charge in [-0.1, -0.05) is 267 Å². The lowest BCUT2D eigenvalue weighted by Gasteiger charge is -2.30. The van der Waals surface area contributed by atoms with E-state index >= 15 is 0 Å². The van der Waals surface area contributed by atoms with Crippen molar-refractivity contribution < 1.29 is 37.3 Å². The Balaban J connectivity index is 5.17. The van der Waals surface area contributed by atoms with Crippen LogP contribution in [0.15, 0.2) is 85.1 Å². The van der Waals surface area contributed by atoms with Crippen molar-refractivity contribution in [1.82, 2.24) is 5.32 Å². The molecule has 1 amide bonds. The summed E-state index contributed by atoms with van der Waals surface area (Å²) in [4.78, 5) is 40.1. The van der Waals surface area contributed by atoms with Gasteiger partial charge in [0.2, 0.25) is 5.91 Å². The van der Waals surface area contributed by atoms with Crippen molar-refractivity contribution >= 4 is 19.7 Å². The minimum atomic E-state index is -4.71. The summed E-state index contributed by atoms with van der Waals surface area (Å²) in [6.45, 7) is 6.79. The molecule has 0 heterocycles. The van der Waals surface area contributed by atoms with Crippen LogP contribution in [0.5, 0.6) is 0 Å². The molecule has 10 heteroatoms. The Morgan fingerprint density at radius 2 is 0.753 bits per heavy atom. The lowest BCUT2D eigenvalue weighted by atomic mass is 10.0. The van der Waals surface area contributed by atoms with E-state index < -0.39 is 26.6 Å². The first kappa shape index (κ1) is 78.2. The predicted octanol–water partition coefficient (Wildman–Crippen LogP) is 20.7. The van der Waals surface area contributed by atoms with E-state index in [2.05, 4.69) is 99.0 Å². The quantitative estimate of drug-likeness (QED) is 0.0212. The molecule has 9 nitrogen and oxygen atoms in total. The Morgan fingerprint density at radius 3 is 1.15 bits per heavy atom. The number of nitrogens with zero attached hydrogens (tertiary/aromatic N) is 1. The maximum absolute atomic E-state index is 13.6. The van der Waals surface area contributed by atoms with Gasteiger partial charge in [0.05, 0.1) is 33.8 Å². The molecular weight excluding hydrogens is 1020 g/mol. The van der Waals surface area contributed by atoms with E-state index in [1.54, 1.807) is 0 Å². The molecule has 0 aromatic heterocycles. The molecule has 0 aliphatic carbocycles. The number of nitrogens with one attached hydrogen (secondary N) is 1. The smallest absolute Gasteiger partial charge is 0.306 e. The Bertz CT molecular complexity index is 1660. The number of likely N-dealkylation sites (N-methyl/N-ethyl adjacent to an activating group) is 1. The topological polar surface area (TPSA) is 114 Å². The van der Waals surface area contributed by atoms with Gasteiger partial charge in [0.1, 0.15) is 19.3 Å². The first-order valence-corrected chi connectivity index (χ1v) is 35.4. The number of phosphoric ester groups is 1. The molecule has 0 spiro atoms. The Hall–Kier alpha value is -2.81. The molecule has 470 valence electrons. The summed E-state index contributed by atoms with van der Waals surface area (Å²) >= 11 is 0. The number of esters is 1. The second-order valence-electron chi connectivity index (χ2n) is 24.0. The van der Waals surface area contributed by atoms with Gasteiger partial charge >= 0.3 is 5.97 Å². The minimum Gasteiger partial charge on any atom is -0.756 e. The molecule has 0 radical (unpaired) electrons. The van der Waals surface area contributed by atoms with Crippen molar-refractivity contribution in [2.75, 3.05) is 40.9 Å². The summed E-state index contributed by atoms with van der Waals surface area (Å²) in [6.07, 6.45) is 79.8. The van der Waals surface area contributed by atoms with Crippen LogP contribution < -0.4 is 10.2 Å². The summed E-state index contributed by atoms with van der Waals surface area (Å²) in [6, 6.07) is -0.905. The molecule has 81 heavy (non-hydrogen) atoms. The zero-order valence-corrected chi connectivity index (χ0v) is 54.6. The van der Waals surface area contributed by atoms with Crippen molar-refractivity contribution in [3.8, 4) is 0 Å². The van der Waals surface area contributed by atoms with E-state index in [-0.39, 0.29) is 31.3 Å². The molecule has 0 aromatic carbocycles. The van der Waals surface area contributed by atoms with Crippen molar-refractivity contribution in [2.24, 2.45) is 0 Å². The molecule has 0 aromatic rings. The maximum atomic E-state index is 13.6. The van der Waals surface area contributed by atoms with Crippen LogP contribution in [0.3, 0.4) is 0 Å². The largest absolute Gasteiger partial charge is 0.756 e. The fourth-order valence-corrected chi connectivity index (χ4v) is 10.3. The lowest BCUT2D eigenvalue weighted by Crippen LogP contribution is -2.47. The van der Waals surface area contributed by atoms with Gasteiger partial charge in [-0.25, -0.2) is 0 Å². The number of ether oxygens (including phenoxy) is 1. The number of amides is 1. The van der Waals surface area contributed by atoms with Gasteiger partial charge in [-0.05, 0) is 109 Å².